The molecule has 0 aliphatic heterocycles. The molecule has 0 saturated heterocycles. The van der Waals surface area contributed by atoms with E-state index < -0.39 is 0 Å². The van der Waals surface area contributed by atoms with E-state index in [0.717, 1.165) is 20.4 Å². The Bertz CT molecular complexity index is 624. The first-order chi connectivity index (χ1) is 9.56. The Labute approximate surface area is 133 Å². The van der Waals surface area contributed by atoms with Crippen LogP contribution in [0.3, 0.4) is 0 Å². The van der Waals surface area contributed by atoms with Crippen molar-refractivity contribution in [1.29, 1.82) is 0 Å². The smallest absolute Gasteiger partial charge is 0.248 e. The lowest BCUT2D eigenvalue weighted by atomic mass is 10.1. The zero-order valence-electron chi connectivity index (χ0n) is 11.5. The minimum Gasteiger partial charge on any atom is -0.321 e. The van der Waals surface area contributed by atoms with Crippen molar-refractivity contribution in [2.24, 2.45) is 0 Å². The second kappa shape index (κ2) is 6.70. The summed E-state index contributed by atoms with van der Waals surface area (Å²) < 4.78 is 1.06. The first-order valence-electron chi connectivity index (χ1n) is 6.37. The van der Waals surface area contributed by atoms with Gasteiger partial charge < -0.3 is 5.32 Å². The summed E-state index contributed by atoms with van der Waals surface area (Å²) in [6.45, 7) is 4.06. The van der Waals surface area contributed by atoms with Crippen LogP contribution in [0.25, 0.3) is 6.08 Å². The molecule has 2 nitrogen and oxygen atoms in total. The molecular weight excluding hydrogens is 361 g/mol. The predicted octanol–water partition coefficient (Wildman–Crippen LogP) is 4.56. The summed E-state index contributed by atoms with van der Waals surface area (Å²) in [6, 6.07) is 13.9. The van der Waals surface area contributed by atoms with Gasteiger partial charge in [-0.3, -0.25) is 4.79 Å². The fourth-order valence-corrected chi connectivity index (χ4v) is 3.03. The molecule has 2 aromatic rings. The first kappa shape index (κ1) is 14.8. The van der Waals surface area contributed by atoms with Gasteiger partial charge in [-0.25, -0.2) is 0 Å². The molecule has 0 atom stereocenters. The highest BCUT2D eigenvalue weighted by Crippen LogP contribution is 2.24. The van der Waals surface area contributed by atoms with Crippen LogP contribution in [0.1, 0.15) is 16.7 Å². The topological polar surface area (TPSA) is 29.1 Å². The van der Waals surface area contributed by atoms with Crippen LogP contribution in [0.4, 0.5) is 5.69 Å². The summed E-state index contributed by atoms with van der Waals surface area (Å²) >= 11 is 2.25. The van der Waals surface area contributed by atoms with E-state index in [1.807, 2.05) is 43.3 Å². The quantitative estimate of drug-likeness (QED) is 0.617. The van der Waals surface area contributed by atoms with Gasteiger partial charge in [-0.15, -0.1) is 0 Å². The lowest BCUT2D eigenvalue weighted by molar-refractivity contribution is -0.111. The number of carbonyl (C=O) groups is 1. The maximum absolute atomic E-state index is 12.0. The maximum atomic E-state index is 12.0. The van der Waals surface area contributed by atoms with Gasteiger partial charge in [0, 0.05) is 9.65 Å². The Balaban J connectivity index is 2.11. The van der Waals surface area contributed by atoms with E-state index in [2.05, 4.69) is 47.0 Å². The highest BCUT2D eigenvalue weighted by molar-refractivity contribution is 14.1. The second-order valence-corrected chi connectivity index (χ2v) is 5.83. The monoisotopic (exact) mass is 377 g/mol. The van der Waals surface area contributed by atoms with Crippen molar-refractivity contribution in [3.05, 3.63) is 68.8 Å². The molecule has 20 heavy (non-hydrogen) atoms. The number of anilines is 1. The van der Waals surface area contributed by atoms with Crippen molar-refractivity contribution >= 4 is 40.3 Å². The molecule has 0 radical (unpaired) electrons. The van der Waals surface area contributed by atoms with E-state index in [1.165, 1.54) is 5.56 Å². The molecule has 102 valence electrons. The third-order valence-corrected chi connectivity index (χ3v) is 3.76. The molecule has 3 heteroatoms. The average molecular weight is 377 g/mol. The number of halogens is 1. The van der Waals surface area contributed by atoms with E-state index in [1.54, 1.807) is 6.08 Å². The maximum Gasteiger partial charge on any atom is 0.248 e. The van der Waals surface area contributed by atoms with Crippen LogP contribution in [0, 0.1) is 17.4 Å². The number of amides is 1. The zero-order valence-corrected chi connectivity index (χ0v) is 13.6. The Morgan fingerprint density at radius 2 is 1.85 bits per heavy atom. The van der Waals surface area contributed by atoms with Gasteiger partial charge in [-0.2, -0.15) is 0 Å². The summed E-state index contributed by atoms with van der Waals surface area (Å²) in [7, 11) is 0. The molecule has 0 spiro atoms. The van der Waals surface area contributed by atoms with Gasteiger partial charge in [0.1, 0.15) is 0 Å². The van der Waals surface area contributed by atoms with Crippen molar-refractivity contribution in [3.8, 4) is 0 Å². The summed E-state index contributed by atoms with van der Waals surface area (Å²) in [5.41, 5.74) is 4.18. The molecule has 2 rings (SSSR count). The van der Waals surface area contributed by atoms with Crippen LogP contribution in [0.2, 0.25) is 0 Å². The third-order valence-electron chi connectivity index (χ3n) is 2.91. The van der Waals surface area contributed by atoms with Gasteiger partial charge in [0.2, 0.25) is 5.91 Å². The number of carbonyl (C=O) groups excluding carboxylic acids is 1. The molecular formula is C17H16INO. The van der Waals surface area contributed by atoms with Crippen LogP contribution >= 0.6 is 22.6 Å². The molecule has 1 N–H and O–H groups in total. The standard InChI is InChI=1S/C17H16INO/c1-12-10-13(2)17(15(18)11-12)19-16(20)9-8-14-6-4-3-5-7-14/h3-11H,1-2H3,(H,19,20)/b9-8+. The van der Waals surface area contributed by atoms with Gasteiger partial charge in [0.05, 0.1) is 5.69 Å². The van der Waals surface area contributed by atoms with Gasteiger partial charge in [-0.1, -0.05) is 36.4 Å². The SMILES string of the molecule is Cc1cc(C)c(NC(=O)/C=C/c2ccccc2)c(I)c1. The second-order valence-electron chi connectivity index (χ2n) is 4.67. The van der Waals surface area contributed by atoms with Crippen molar-refractivity contribution in [2.45, 2.75) is 13.8 Å². The van der Waals surface area contributed by atoms with Crippen LogP contribution in [0.15, 0.2) is 48.5 Å². The van der Waals surface area contributed by atoms with Crippen molar-refractivity contribution in [3.63, 3.8) is 0 Å². The molecule has 0 unspecified atom stereocenters. The summed E-state index contributed by atoms with van der Waals surface area (Å²) in [4.78, 5) is 12.0. The summed E-state index contributed by atoms with van der Waals surface area (Å²) in [6.07, 6.45) is 3.37. The van der Waals surface area contributed by atoms with Gasteiger partial charge in [0.25, 0.3) is 0 Å². The Morgan fingerprint density at radius 1 is 1.15 bits per heavy atom. The van der Waals surface area contributed by atoms with E-state index in [9.17, 15) is 4.79 Å². The van der Waals surface area contributed by atoms with Crippen molar-refractivity contribution in [2.75, 3.05) is 5.32 Å². The Hall–Kier alpha value is -1.62. The predicted molar refractivity (Wildman–Crippen MR) is 92.7 cm³/mol. The fraction of sp³-hybridized carbons (Fsp3) is 0.118. The van der Waals surface area contributed by atoms with Gasteiger partial charge >= 0.3 is 0 Å². The molecule has 0 aliphatic carbocycles. The summed E-state index contributed by atoms with van der Waals surface area (Å²) in [5.74, 6) is -0.112. The van der Waals surface area contributed by atoms with Crippen LogP contribution in [0.5, 0.6) is 0 Å². The van der Waals surface area contributed by atoms with Crippen molar-refractivity contribution in [1.82, 2.24) is 0 Å². The van der Waals surface area contributed by atoms with E-state index in [0.29, 0.717) is 0 Å². The number of aryl methyl sites for hydroxylation is 2. The summed E-state index contributed by atoms with van der Waals surface area (Å²) in [5, 5.41) is 2.94. The molecule has 0 heterocycles. The first-order valence-corrected chi connectivity index (χ1v) is 7.45. The molecule has 1 amide bonds. The van der Waals surface area contributed by atoms with Crippen molar-refractivity contribution < 1.29 is 4.79 Å². The van der Waals surface area contributed by atoms with Crippen LogP contribution in [-0.4, -0.2) is 5.91 Å². The number of nitrogens with one attached hydrogen (secondary N) is 1. The molecule has 0 saturated carbocycles. The van der Waals surface area contributed by atoms with Crippen LogP contribution < -0.4 is 5.32 Å². The minimum absolute atomic E-state index is 0.112. The third kappa shape index (κ3) is 3.93. The van der Waals surface area contributed by atoms with E-state index >= 15 is 0 Å². The number of hydrogen-bond donors (Lipinski definition) is 1. The largest absolute Gasteiger partial charge is 0.321 e. The lowest BCUT2D eigenvalue weighted by Crippen LogP contribution is -2.10. The minimum atomic E-state index is -0.112. The van der Waals surface area contributed by atoms with E-state index in [4.69, 9.17) is 0 Å². The Kier molecular flexibility index (Phi) is 4.95. The number of hydrogen-bond acceptors (Lipinski definition) is 1. The Morgan fingerprint density at radius 3 is 2.50 bits per heavy atom. The fourth-order valence-electron chi connectivity index (χ4n) is 1.97. The molecule has 0 bridgehead atoms. The van der Waals surface area contributed by atoms with E-state index in [-0.39, 0.29) is 5.91 Å². The molecule has 2 aromatic carbocycles. The average Bonchev–Trinajstić information content (AvgIpc) is 2.42. The lowest BCUT2D eigenvalue weighted by Gasteiger charge is -2.10. The van der Waals surface area contributed by atoms with Crippen LogP contribution in [-0.2, 0) is 4.79 Å². The molecule has 0 aromatic heterocycles. The van der Waals surface area contributed by atoms with Gasteiger partial charge in [0.15, 0.2) is 0 Å². The molecule has 0 aliphatic rings. The molecule has 0 fully saturated rings. The highest BCUT2D eigenvalue weighted by Gasteiger charge is 2.06. The normalized spacial score (nSPS) is 10.8. The number of benzene rings is 2. The number of rotatable bonds is 3. The zero-order chi connectivity index (χ0) is 14.5. The van der Waals surface area contributed by atoms with Gasteiger partial charge in [-0.05, 0) is 65.3 Å². The highest BCUT2D eigenvalue weighted by atomic mass is 127.